The maximum atomic E-state index is 13.9. The lowest BCUT2D eigenvalue weighted by Crippen LogP contribution is -2.51. The van der Waals surface area contributed by atoms with Gasteiger partial charge in [-0.05, 0) is 67.4 Å². The highest BCUT2D eigenvalue weighted by molar-refractivity contribution is 7.92. The van der Waals surface area contributed by atoms with Gasteiger partial charge < -0.3 is 19.7 Å². The molecule has 1 atom stereocenters. The molecular weight excluding hydrogens is 518 g/mol. The topological polar surface area (TPSA) is 105 Å². The van der Waals surface area contributed by atoms with Crippen molar-refractivity contribution in [1.29, 1.82) is 0 Å². The molecule has 1 N–H and O–H groups in total. The Labute approximate surface area is 230 Å². The van der Waals surface area contributed by atoms with Crippen LogP contribution in [-0.2, 0) is 26.2 Å². The lowest BCUT2D eigenvalue weighted by molar-refractivity contribution is -0.140. The van der Waals surface area contributed by atoms with E-state index in [2.05, 4.69) is 5.32 Å². The number of amides is 2. The molecule has 2 amide bonds. The third kappa shape index (κ3) is 7.08. The minimum atomic E-state index is -4.15. The Morgan fingerprint density at radius 1 is 0.872 bits per heavy atom. The second-order valence-electron chi connectivity index (χ2n) is 8.93. The summed E-state index contributed by atoms with van der Waals surface area (Å²) in [6.07, 6.45) is 0.345. The largest absolute Gasteiger partial charge is 0.497 e. The second-order valence-corrected chi connectivity index (χ2v) is 10.8. The van der Waals surface area contributed by atoms with Crippen LogP contribution in [0.4, 0.5) is 5.69 Å². The Morgan fingerprint density at radius 2 is 1.41 bits per heavy atom. The molecule has 0 aliphatic rings. The fourth-order valence-electron chi connectivity index (χ4n) is 4.13. The molecule has 0 heterocycles. The SMILES string of the molecule is CC[C@@H](C(=O)NC)N(Cc1ccc(OC)cc1)C(=O)CN(c1ccc(C)cc1)S(=O)(=O)c1ccc(OC)cc1. The Bertz CT molecular complexity index is 1360. The number of nitrogens with one attached hydrogen (secondary N) is 1. The van der Waals surface area contributed by atoms with Crippen LogP contribution in [0.2, 0.25) is 0 Å². The van der Waals surface area contributed by atoms with Crippen LogP contribution in [0.3, 0.4) is 0 Å². The van der Waals surface area contributed by atoms with E-state index in [0.29, 0.717) is 23.6 Å². The van der Waals surface area contributed by atoms with Crippen molar-refractivity contribution in [3.05, 3.63) is 83.9 Å². The molecule has 0 radical (unpaired) electrons. The van der Waals surface area contributed by atoms with Gasteiger partial charge in [0.05, 0.1) is 24.8 Å². The molecule has 208 valence electrons. The standard InChI is InChI=1S/C29H35N3O6S/c1-6-27(29(34)30-3)31(19-22-9-13-24(37-4)14-10-22)28(33)20-32(23-11-7-21(2)8-12-23)39(35,36)26-17-15-25(38-5)16-18-26/h7-18,27H,6,19-20H2,1-5H3,(H,30,34)/t27-/m0/s1. The van der Waals surface area contributed by atoms with Crippen molar-refractivity contribution in [2.45, 2.75) is 37.8 Å². The Hall–Kier alpha value is -4.05. The van der Waals surface area contributed by atoms with Crippen LogP contribution in [-0.4, -0.2) is 59.0 Å². The van der Waals surface area contributed by atoms with Crippen molar-refractivity contribution in [3.63, 3.8) is 0 Å². The zero-order chi connectivity index (χ0) is 28.6. The van der Waals surface area contributed by atoms with Gasteiger partial charge in [0.15, 0.2) is 0 Å². The van der Waals surface area contributed by atoms with Crippen molar-refractivity contribution >= 4 is 27.5 Å². The number of hydrogen-bond acceptors (Lipinski definition) is 6. The van der Waals surface area contributed by atoms with Crippen molar-refractivity contribution < 1.29 is 27.5 Å². The van der Waals surface area contributed by atoms with Gasteiger partial charge in [0.2, 0.25) is 11.8 Å². The summed E-state index contributed by atoms with van der Waals surface area (Å²) in [7, 11) is 0.417. The maximum Gasteiger partial charge on any atom is 0.264 e. The van der Waals surface area contributed by atoms with E-state index in [4.69, 9.17) is 9.47 Å². The summed E-state index contributed by atoms with van der Waals surface area (Å²) in [6, 6.07) is 19.2. The molecule has 0 aliphatic carbocycles. The van der Waals surface area contributed by atoms with E-state index in [1.807, 2.05) is 19.1 Å². The number of methoxy groups -OCH3 is 2. The molecular formula is C29H35N3O6S. The fraction of sp³-hybridized carbons (Fsp3) is 0.310. The quantitative estimate of drug-likeness (QED) is 0.366. The zero-order valence-corrected chi connectivity index (χ0v) is 23.7. The molecule has 3 aromatic carbocycles. The van der Waals surface area contributed by atoms with E-state index in [0.717, 1.165) is 15.4 Å². The smallest absolute Gasteiger partial charge is 0.264 e. The summed E-state index contributed by atoms with van der Waals surface area (Å²) in [5, 5.41) is 2.62. The van der Waals surface area contributed by atoms with E-state index >= 15 is 0 Å². The Morgan fingerprint density at radius 3 is 1.90 bits per heavy atom. The summed E-state index contributed by atoms with van der Waals surface area (Å²) in [5.74, 6) is 0.318. The van der Waals surface area contributed by atoms with Crippen LogP contribution in [0.15, 0.2) is 77.7 Å². The lowest BCUT2D eigenvalue weighted by Gasteiger charge is -2.33. The molecule has 0 aliphatic heterocycles. The minimum Gasteiger partial charge on any atom is -0.497 e. The van der Waals surface area contributed by atoms with Gasteiger partial charge in [0, 0.05) is 13.6 Å². The number of rotatable bonds is 12. The average Bonchev–Trinajstić information content (AvgIpc) is 2.96. The molecule has 0 spiro atoms. The molecule has 3 rings (SSSR count). The summed E-state index contributed by atoms with van der Waals surface area (Å²) in [4.78, 5) is 28.1. The van der Waals surface area contributed by atoms with Gasteiger partial charge in [-0.25, -0.2) is 8.42 Å². The van der Waals surface area contributed by atoms with Crippen LogP contribution < -0.4 is 19.1 Å². The molecule has 3 aromatic rings. The first kappa shape index (κ1) is 29.5. The number of benzene rings is 3. The first-order valence-electron chi connectivity index (χ1n) is 12.5. The molecule has 0 unspecified atom stereocenters. The number of likely N-dealkylation sites (N-methyl/N-ethyl adjacent to an activating group) is 1. The third-order valence-corrected chi connectivity index (χ3v) is 8.18. The third-order valence-electron chi connectivity index (χ3n) is 6.39. The van der Waals surface area contributed by atoms with E-state index in [9.17, 15) is 18.0 Å². The molecule has 0 aromatic heterocycles. The summed E-state index contributed by atoms with van der Waals surface area (Å²) >= 11 is 0. The summed E-state index contributed by atoms with van der Waals surface area (Å²) < 4.78 is 39.2. The Kier molecular flexibility index (Phi) is 9.95. The lowest BCUT2D eigenvalue weighted by atomic mass is 10.1. The molecule has 0 saturated carbocycles. The molecule has 0 saturated heterocycles. The minimum absolute atomic E-state index is 0.0109. The first-order chi connectivity index (χ1) is 18.6. The highest BCUT2D eigenvalue weighted by Gasteiger charge is 2.33. The zero-order valence-electron chi connectivity index (χ0n) is 22.9. The van der Waals surface area contributed by atoms with Crippen molar-refractivity contribution in [3.8, 4) is 11.5 Å². The van der Waals surface area contributed by atoms with E-state index in [1.165, 1.54) is 31.2 Å². The van der Waals surface area contributed by atoms with Gasteiger partial charge in [-0.1, -0.05) is 36.8 Å². The molecule has 0 fully saturated rings. The number of aryl methyl sites for hydroxylation is 1. The maximum absolute atomic E-state index is 13.9. The number of anilines is 1. The van der Waals surface area contributed by atoms with Crippen LogP contribution in [0.5, 0.6) is 11.5 Å². The van der Waals surface area contributed by atoms with Crippen LogP contribution in [0.25, 0.3) is 0 Å². The average molecular weight is 554 g/mol. The van der Waals surface area contributed by atoms with Crippen molar-refractivity contribution in [2.24, 2.45) is 0 Å². The van der Waals surface area contributed by atoms with Gasteiger partial charge in [0.25, 0.3) is 10.0 Å². The normalized spacial score (nSPS) is 11.8. The molecule has 39 heavy (non-hydrogen) atoms. The van der Waals surface area contributed by atoms with Crippen LogP contribution in [0.1, 0.15) is 24.5 Å². The second kappa shape index (κ2) is 13.1. The molecule has 9 nitrogen and oxygen atoms in total. The number of carbonyl (C=O) groups excluding carboxylic acids is 2. The molecule has 10 heteroatoms. The van der Waals surface area contributed by atoms with E-state index < -0.39 is 28.5 Å². The number of nitrogens with zero attached hydrogens (tertiary/aromatic N) is 2. The predicted molar refractivity (Wildman–Crippen MR) is 150 cm³/mol. The predicted octanol–water partition coefficient (Wildman–Crippen LogP) is 3.76. The number of hydrogen-bond donors (Lipinski definition) is 1. The summed E-state index contributed by atoms with van der Waals surface area (Å²) in [6.45, 7) is 3.31. The number of ether oxygens (including phenoxy) is 2. The van der Waals surface area contributed by atoms with Crippen LogP contribution in [0, 0.1) is 6.92 Å². The van der Waals surface area contributed by atoms with Gasteiger partial charge >= 0.3 is 0 Å². The fourth-order valence-corrected chi connectivity index (χ4v) is 5.54. The monoisotopic (exact) mass is 553 g/mol. The molecule has 0 bridgehead atoms. The van der Waals surface area contributed by atoms with Crippen LogP contribution >= 0.6 is 0 Å². The highest BCUT2D eigenvalue weighted by Crippen LogP contribution is 2.26. The number of sulfonamides is 1. The van der Waals surface area contributed by atoms with Crippen molar-refractivity contribution in [2.75, 3.05) is 32.1 Å². The summed E-state index contributed by atoms with van der Waals surface area (Å²) in [5.41, 5.74) is 2.05. The van der Waals surface area contributed by atoms with Gasteiger partial charge in [-0.2, -0.15) is 0 Å². The van der Waals surface area contributed by atoms with Gasteiger partial charge in [-0.3, -0.25) is 13.9 Å². The van der Waals surface area contributed by atoms with Gasteiger partial charge in [-0.15, -0.1) is 0 Å². The number of carbonyl (C=O) groups is 2. The Balaban J connectivity index is 2.04. The van der Waals surface area contributed by atoms with Crippen molar-refractivity contribution in [1.82, 2.24) is 10.2 Å². The van der Waals surface area contributed by atoms with Gasteiger partial charge in [0.1, 0.15) is 24.1 Å². The first-order valence-corrected chi connectivity index (χ1v) is 14.0. The van der Waals surface area contributed by atoms with E-state index in [-0.39, 0.29) is 17.3 Å². The van der Waals surface area contributed by atoms with E-state index in [1.54, 1.807) is 62.6 Å². The highest BCUT2D eigenvalue weighted by atomic mass is 32.2.